The molecular formula is C17H30O3. The molecule has 3 rings (SSSR count). The maximum atomic E-state index is 9.77. The Kier molecular flexibility index (Phi) is 4.40. The summed E-state index contributed by atoms with van der Waals surface area (Å²) in [7, 11) is 0. The van der Waals surface area contributed by atoms with Crippen LogP contribution in [0.25, 0.3) is 0 Å². The second kappa shape index (κ2) is 5.94. The molecule has 1 heterocycles. The van der Waals surface area contributed by atoms with Gasteiger partial charge in [-0.05, 0) is 75.0 Å². The molecule has 0 bridgehead atoms. The van der Waals surface area contributed by atoms with Crippen LogP contribution in [0.1, 0.15) is 64.7 Å². The van der Waals surface area contributed by atoms with Crippen LogP contribution >= 0.6 is 0 Å². The molecule has 2 N–H and O–H groups in total. The van der Waals surface area contributed by atoms with E-state index in [-0.39, 0.29) is 12.2 Å². The number of rotatable bonds is 4. The predicted molar refractivity (Wildman–Crippen MR) is 78.4 cm³/mol. The van der Waals surface area contributed by atoms with Crippen molar-refractivity contribution in [2.24, 2.45) is 17.3 Å². The van der Waals surface area contributed by atoms with Gasteiger partial charge in [0.1, 0.15) is 0 Å². The highest BCUT2D eigenvalue weighted by Gasteiger charge is 2.46. The molecule has 2 saturated carbocycles. The first-order valence-electron chi connectivity index (χ1n) is 8.55. The Labute approximate surface area is 122 Å². The topological polar surface area (TPSA) is 53.0 Å². The standard InChI is InChI=1S/C17H30O3/c1-17(10-16-11-20-16,12-2-6-14(18)7-3-12)13-4-8-15(19)9-5-13/h12-16,18-19H,2-11H2,1H3. The molecule has 116 valence electrons. The molecule has 0 aromatic rings. The lowest BCUT2D eigenvalue weighted by Crippen LogP contribution is -2.41. The van der Waals surface area contributed by atoms with Gasteiger partial charge in [0.15, 0.2) is 0 Å². The third-order valence-electron chi connectivity index (χ3n) is 6.33. The molecule has 1 saturated heterocycles. The summed E-state index contributed by atoms with van der Waals surface area (Å²) in [5, 5.41) is 19.5. The summed E-state index contributed by atoms with van der Waals surface area (Å²) in [6.45, 7) is 3.42. The number of hydrogen-bond acceptors (Lipinski definition) is 3. The molecular weight excluding hydrogens is 252 g/mol. The molecule has 1 unspecified atom stereocenters. The Morgan fingerprint density at radius 2 is 1.25 bits per heavy atom. The van der Waals surface area contributed by atoms with E-state index >= 15 is 0 Å². The number of hydrogen-bond donors (Lipinski definition) is 2. The average Bonchev–Trinajstić information content (AvgIpc) is 3.24. The summed E-state index contributed by atoms with van der Waals surface area (Å²) >= 11 is 0. The second-order valence-corrected chi connectivity index (χ2v) is 7.68. The molecule has 3 nitrogen and oxygen atoms in total. The van der Waals surface area contributed by atoms with Crippen LogP contribution in [0.2, 0.25) is 0 Å². The van der Waals surface area contributed by atoms with Crippen LogP contribution < -0.4 is 0 Å². The molecule has 3 heteroatoms. The lowest BCUT2D eigenvalue weighted by atomic mass is 9.57. The van der Waals surface area contributed by atoms with E-state index in [1.807, 2.05) is 0 Å². The van der Waals surface area contributed by atoms with Gasteiger partial charge in [-0.25, -0.2) is 0 Å². The highest BCUT2D eigenvalue weighted by Crippen LogP contribution is 2.52. The fraction of sp³-hybridized carbons (Fsp3) is 1.00. The van der Waals surface area contributed by atoms with E-state index in [0.717, 1.165) is 44.1 Å². The van der Waals surface area contributed by atoms with E-state index in [1.165, 1.54) is 32.1 Å². The van der Waals surface area contributed by atoms with Gasteiger partial charge < -0.3 is 14.9 Å². The first-order valence-corrected chi connectivity index (χ1v) is 8.55. The van der Waals surface area contributed by atoms with Crippen LogP contribution in [0.5, 0.6) is 0 Å². The molecule has 1 atom stereocenters. The molecule has 0 spiro atoms. The maximum absolute atomic E-state index is 9.77. The highest BCUT2D eigenvalue weighted by molar-refractivity contribution is 4.96. The van der Waals surface area contributed by atoms with Crippen LogP contribution in [0, 0.1) is 17.3 Å². The van der Waals surface area contributed by atoms with Crippen LogP contribution in [0.3, 0.4) is 0 Å². The number of aliphatic hydroxyl groups excluding tert-OH is 2. The summed E-state index contributed by atoms with van der Waals surface area (Å²) in [4.78, 5) is 0. The molecule has 0 aromatic heterocycles. The summed E-state index contributed by atoms with van der Waals surface area (Å²) in [6, 6.07) is 0. The molecule has 20 heavy (non-hydrogen) atoms. The van der Waals surface area contributed by atoms with Crippen molar-refractivity contribution >= 4 is 0 Å². The molecule has 0 radical (unpaired) electrons. The molecule has 3 fully saturated rings. The smallest absolute Gasteiger partial charge is 0.0815 e. The van der Waals surface area contributed by atoms with Crippen LogP contribution in [0.4, 0.5) is 0 Å². The van der Waals surface area contributed by atoms with Crippen LogP contribution in [-0.4, -0.2) is 35.1 Å². The van der Waals surface area contributed by atoms with E-state index < -0.39 is 0 Å². The molecule has 3 aliphatic rings. The monoisotopic (exact) mass is 282 g/mol. The normalized spacial score (nSPS) is 44.9. The van der Waals surface area contributed by atoms with Gasteiger partial charge in [0.25, 0.3) is 0 Å². The minimum absolute atomic E-state index is 0.0687. The van der Waals surface area contributed by atoms with Gasteiger partial charge in [0, 0.05) is 0 Å². The van der Waals surface area contributed by atoms with E-state index in [2.05, 4.69) is 6.92 Å². The molecule has 0 amide bonds. The zero-order valence-corrected chi connectivity index (χ0v) is 12.8. The zero-order valence-electron chi connectivity index (χ0n) is 12.8. The fourth-order valence-electron chi connectivity index (χ4n) is 4.81. The van der Waals surface area contributed by atoms with Crippen molar-refractivity contribution in [3.05, 3.63) is 0 Å². The number of ether oxygens (including phenoxy) is 1. The Morgan fingerprint density at radius 1 is 0.850 bits per heavy atom. The van der Waals surface area contributed by atoms with Gasteiger partial charge in [-0.3, -0.25) is 0 Å². The number of epoxide rings is 1. The Hall–Kier alpha value is -0.120. The lowest BCUT2D eigenvalue weighted by Gasteiger charge is -2.48. The molecule has 2 aliphatic carbocycles. The van der Waals surface area contributed by atoms with Gasteiger partial charge in [0.2, 0.25) is 0 Å². The summed E-state index contributed by atoms with van der Waals surface area (Å²) < 4.78 is 5.53. The van der Waals surface area contributed by atoms with Crippen LogP contribution in [-0.2, 0) is 4.74 Å². The Bertz CT molecular complexity index is 288. The van der Waals surface area contributed by atoms with Gasteiger partial charge in [-0.15, -0.1) is 0 Å². The Balaban J connectivity index is 1.69. The van der Waals surface area contributed by atoms with Gasteiger partial charge in [-0.1, -0.05) is 6.92 Å². The maximum Gasteiger partial charge on any atom is 0.0815 e. The second-order valence-electron chi connectivity index (χ2n) is 7.68. The lowest BCUT2D eigenvalue weighted by molar-refractivity contribution is -0.0181. The molecule has 0 aromatic carbocycles. The fourth-order valence-corrected chi connectivity index (χ4v) is 4.81. The first kappa shape index (κ1) is 14.8. The van der Waals surface area contributed by atoms with E-state index in [9.17, 15) is 10.2 Å². The third-order valence-corrected chi connectivity index (χ3v) is 6.33. The highest BCUT2D eigenvalue weighted by atomic mass is 16.6. The van der Waals surface area contributed by atoms with Gasteiger partial charge in [-0.2, -0.15) is 0 Å². The van der Waals surface area contributed by atoms with Crippen molar-refractivity contribution in [2.75, 3.05) is 6.61 Å². The minimum atomic E-state index is -0.0687. The Morgan fingerprint density at radius 3 is 1.60 bits per heavy atom. The van der Waals surface area contributed by atoms with Crippen molar-refractivity contribution in [3.8, 4) is 0 Å². The van der Waals surface area contributed by atoms with E-state index in [0.29, 0.717) is 11.5 Å². The third kappa shape index (κ3) is 3.20. The summed E-state index contributed by atoms with van der Waals surface area (Å²) in [5.41, 5.74) is 0.349. The van der Waals surface area contributed by atoms with Crippen molar-refractivity contribution in [2.45, 2.75) is 83.0 Å². The largest absolute Gasteiger partial charge is 0.393 e. The summed E-state index contributed by atoms with van der Waals surface area (Å²) in [5.74, 6) is 1.46. The number of aliphatic hydroxyl groups is 2. The zero-order chi connectivity index (χ0) is 14.2. The average molecular weight is 282 g/mol. The van der Waals surface area contributed by atoms with Gasteiger partial charge in [0.05, 0.1) is 24.9 Å². The summed E-state index contributed by atoms with van der Waals surface area (Å²) in [6.07, 6.45) is 10.1. The quantitative estimate of drug-likeness (QED) is 0.780. The van der Waals surface area contributed by atoms with Crippen LogP contribution in [0.15, 0.2) is 0 Å². The van der Waals surface area contributed by atoms with E-state index in [1.54, 1.807) is 0 Å². The minimum Gasteiger partial charge on any atom is -0.393 e. The van der Waals surface area contributed by atoms with Crippen molar-refractivity contribution < 1.29 is 14.9 Å². The first-order chi connectivity index (χ1) is 9.58. The predicted octanol–water partition coefficient (Wildman–Crippen LogP) is 2.88. The SMILES string of the molecule is CC(CC1CO1)(C1CCC(O)CC1)C1CCC(O)CC1. The van der Waals surface area contributed by atoms with Gasteiger partial charge >= 0.3 is 0 Å². The van der Waals surface area contributed by atoms with Crippen molar-refractivity contribution in [1.82, 2.24) is 0 Å². The van der Waals surface area contributed by atoms with E-state index in [4.69, 9.17) is 4.74 Å². The van der Waals surface area contributed by atoms with Crippen molar-refractivity contribution in [3.63, 3.8) is 0 Å². The molecule has 1 aliphatic heterocycles. The van der Waals surface area contributed by atoms with Crippen molar-refractivity contribution in [1.29, 1.82) is 0 Å².